The van der Waals surface area contributed by atoms with Gasteiger partial charge in [-0.3, -0.25) is 9.59 Å². The van der Waals surface area contributed by atoms with Crippen LogP contribution in [-0.2, 0) is 14.3 Å². The van der Waals surface area contributed by atoms with Crippen molar-refractivity contribution in [2.24, 2.45) is 5.92 Å². The molecule has 1 aromatic heterocycles. The van der Waals surface area contributed by atoms with E-state index in [0.29, 0.717) is 21.3 Å². The van der Waals surface area contributed by atoms with Gasteiger partial charge in [-0.05, 0) is 63.4 Å². The first kappa shape index (κ1) is 20.4. The largest absolute Gasteiger partial charge is 0.449 e. The first-order valence-corrected chi connectivity index (χ1v) is 10.1. The van der Waals surface area contributed by atoms with Gasteiger partial charge in [-0.15, -0.1) is 11.3 Å². The molecule has 1 fully saturated rings. The van der Waals surface area contributed by atoms with Crippen molar-refractivity contribution in [1.82, 2.24) is 0 Å². The minimum atomic E-state index is -1.00. The molecule has 28 heavy (non-hydrogen) atoms. The smallest absolute Gasteiger partial charge is 0.342 e. The quantitative estimate of drug-likeness (QED) is 0.671. The molecule has 2 N–H and O–H groups in total. The summed E-state index contributed by atoms with van der Waals surface area (Å²) in [5.74, 6) is -1.14. The van der Waals surface area contributed by atoms with Gasteiger partial charge in [-0.1, -0.05) is 11.6 Å². The molecule has 1 saturated carbocycles. The number of thiophene rings is 1. The maximum Gasteiger partial charge on any atom is 0.342 e. The lowest BCUT2D eigenvalue weighted by atomic mass is 10.1. The third-order valence-corrected chi connectivity index (χ3v) is 5.91. The highest BCUT2D eigenvalue weighted by Gasteiger charge is 2.32. The summed E-state index contributed by atoms with van der Waals surface area (Å²) in [7, 11) is 0. The maximum atomic E-state index is 12.7. The van der Waals surface area contributed by atoms with Gasteiger partial charge in [0.2, 0.25) is 5.91 Å². The zero-order valence-corrected chi connectivity index (χ0v) is 17.4. The van der Waals surface area contributed by atoms with Gasteiger partial charge in [-0.25, -0.2) is 4.79 Å². The van der Waals surface area contributed by atoms with Crippen LogP contribution in [0.5, 0.6) is 0 Å². The summed E-state index contributed by atoms with van der Waals surface area (Å²) >= 11 is 7.16. The predicted molar refractivity (Wildman–Crippen MR) is 110 cm³/mol. The minimum Gasteiger partial charge on any atom is -0.449 e. The SMILES string of the molecule is Cc1sc(NC(=O)C2CC2)c(C(=O)O[C@@H](C)C(=O)Nc2ccc(Cl)cc2)c1C. The topological polar surface area (TPSA) is 84.5 Å². The number of rotatable bonds is 6. The lowest BCUT2D eigenvalue weighted by Gasteiger charge is -2.14. The molecule has 1 heterocycles. The molecular weight excluding hydrogens is 400 g/mol. The van der Waals surface area contributed by atoms with E-state index in [1.54, 1.807) is 31.2 Å². The van der Waals surface area contributed by atoms with Crippen LogP contribution < -0.4 is 10.6 Å². The van der Waals surface area contributed by atoms with Crippen molar-refractivity contribution in [1.29, 1.82) is 0 Å². The van der Waals surface area contributed by atoms with E-state index in [4.69, 9.17) is 16.3 Å². The Hall–Kier alpha value is -2.38. The fraction of sp³-hybridized carbons (Fsp3) is 0.350. The summed E-state index contributed by atoms with van der Waals surface area (Å²) in [4.78, 5) is 38.1. The normalized spacial score (nSPS) is 14.3. The van der Waals surface area contributed by atoms with E-state index in [-0.39, 0.29) is 11.8 Å². The lowest BCUT2D eigenvalue weighted by Crippen LogP contribution is -2.30. The van der Waals surface area contributed by atoms with Gasteiger partial charge in [0.05, 0.1) is 5.56 Å². The average molecular weight is 421 g/mol. The zero-order chi connectivity index (χ0) is 20.4. The zero-order valence-electron chi connectivity index (χ0n) is 15.8. The Kier molecular flexibility index (Phi) is 6.05. The summed E-state index contributed by atoms with van der Waals surface area (Å²) in [6.07, 6.45) is 0.739. The number of esters is 1. The van der Waals surface area contributed by atoms with Gasteiger partial charge in [0.15, 0.2) is 6.10 Å². The molecule has 0 spiro atoms. The predicted octanol–water partition coefficient (Wildman–Crippen LogP) is 4.55. The van der Waals surface area contributed by atoms with E-state index in [1.807, 2.05) is 6.92 Å². The molecule has 2 amide bonds. The van der Waals surface area contributed by atoms with Crippen molar-refractivity contribution in [3.63, 3.8) is 0 Å². The number of hydrogen-bond donors (Lipinski definition) is 2. The standard InChI is InChI=1S/C20H21ClN2O4S/c1-10-12(3)28-19(23-18(25)13-4-5-13)16(10)20(26)27-11(2)17(24)22-15-8-6-14(21)7-9-15/h6-9,11,13H,4-5H2,1-3H3,(H,22,24)(H,23,25)/t11-/m0/s1. The van der Waals surface area contributed by atoms with E-state index in [2.05, 4.69) is 10.6 Å². The number of ether oxygens (including phenoxy) is 1. The highest BCUT2D eigenvalue weighted by molar-refractivity contribution is 7.16. The van der Waals surface area contributed by atoms with Crippen molar-refractivity contribution in [2.45, 2.75) is 39.7 Å². The van der Waals surface area contributed by atoms with Crippen LogP contribution in [0.15, 0.2) is 24.3 Å². The summed E-state index contributed by atoms with van der Waals surface area (Å²) in [6.45, 7) is 5.17. The number of anilines is 2. The molecule has 8 heteroatoms. The highest BCUT2D eigenvalue weighted by atomic mass is 35.5. The molecule has 6 nitrogen and oxygen atoms in total. The van der Waals surface area contributed by atoms with Crippen LogP contribution in [0.25, 0.3) is 0 Å². The summed E-state index contributed by atoms with van der Waals surface area (Å²) in [5, 5.41) is 6.53. The Bertz CT molecular complexity index is 919. The Balaban J connectivity index is 1.68. The molecule has 1 aliphatic rings. The van der Waals surface area contributed by atoms with E-state index >= 15 is 0 Å². The number of carbonyl (C=O) groups excluding carboxylic acids is 3. The summed E-state index contributed by atoms with van der Waals surface area (Å²) in [6, 6.07) is 6.62. The Labute approximate surface area is 172 Å². The Morgan fingerprint density at radius 3 is 2.39 bits per heavy atom. The first-order chi connectivity index (χ1) is 13.3. The van der Waals surface area contributed by atoms with Crippen LogP contribution in [0.4, 0.5) is 10.7 Å². The molecule has 3 rings (SSSR count). The van der Waals surface area contributed by atoms with Crippen molar-refractivity contribution in [3.05, 3.63) is 45.3 Å². The average Bonchev–Trinajstić information content (AvgIpc) is 3.44. The van der Waals surface area contributed by atoms with E-state index in [0.717, 1.165) is 23.3 Å². The lowest BCUT2D eigenvalue weighted by molar-refractivity contribution is -0.123. The second-order valence-electron chi connectivity index (χ2n) is 6.79. The van der Waals surface area contributed by atoms with E-state index in [9.17, 15) is 14.4 Å². The molecule has 1 aliphatic carbocycles. The van der Waals surface area contributed by atoms with E-state index in [1.165, 1.54) is 18.3 Å². The van der Waals surface area contributed by atoms with Gasteiger partial charge < -0.3 is 15.4 Å². The number of halogens is 1. The van der Waals surface area contributed by atoms with Crippen molar-refractivity contribution in [3.8, 4) is 0 Å². The molecule has 148 valence electrons. The molecule has 0 unspecified atom stereocenters. The molecule has 1 atom stereocenters. The second kappa shape index (κ2) is 8.32. The minimum absolute atomic E-state index is 0.0238. The van der Waals surface area contributed by atoms with Crippen LogP contribution in [0.1, 0.15) is 40.6 Å². The highest BCUT2D eigenvalue weighted by Crippen LogP contribution is 2.36. The molecular formula is C20H21ClN2O4S. The molecule has 0 radical (unpaired) electrons. The Morgan fingerprint density at radius 2 is 1.79 bits per heavy atom. The van der Waals surface area contributed by atoms with E-state index < -0.39 is 18.0 Å². The number of amides is 2. The monoisotopic (exact) mass is 420 g/mol. The van der Waals surface area contributed by atoms with Crippen molar-refractivity contribution in [2.75, 3.05) is 10.6 Å². The number of benzene rings is 1. The molecule has 1 aromatic carbocycles. The second-order valence-corrected chi connectivity index (χ2v) is 8.46. The fourth-order valence-electron chi connectivity index (χ4n) is 2.57. The van der Waals surface area contributed by atoms with Crippen LogP contribution in [0, 0.1) is 19.8 Å². The number of carbonyl (C=O) groups is 3. The molecule has 0 saturated heterocycles. The number of aryl methyl sites for hydroxylation is 1. The fourth-order valence-corrected chi connectivity index (χ4v) is 3.75. The van der Waals surface area contributed by atoms with Gasteiger partial charge in [0.25, 0.3) is 5.91 Å². The van der Waals surface area contributed by atoms with Crippen molar-refractivity contribution >= 4 is 51.4 Å². The molecule has 2 aromatic rings. The van der Waals surface area contributed by atoms with Gasteiger partial charge in [0, 0.05) is 21.5 Å². The van der Waals surface area contributed by atoms with Crippen LogP contribution in [0.3, 0.4) is 0 Å². The third-order valence-electron chi connectivity index (χ3n) is 4.54. The summed E-state index contributed by atoms with van der Waals surface area (Å²) in [5.41, 5.74) is 1.60. The van der Waals surface area contributed by atoms with Gasteiger partial charge in [-0.2, -0.15) is 0 Å². The maximum absolute atomic E-state index is 12.7. The van der Waals surface area contributed by atoms with Crippen LogP contribution in [0.2, 0.25) is 5.02 Å². The van der Waals surface area contributed by atoms with Crippen LogP contribution in [-0.4, -0.2) is 23.9 Å². The van der Waals surface area contributed by atoms with Crippen LogP contribution >= 0.6 is 22.9 Å². The third kappa shape index (κ3) is 4.72. The molecule has 0 aliphatic heterocycles. The number of hydrogen-bond acceptors (Lipinski definition) is 5. The van der Waals surface area contributed by atoms with Gasteiger partial charge in [0.1, 0.15) is 5.00 Å². The Morgan fingerprint density at radius 1 is 1.14 bits per heavy atom. The molecule has 0 bridgehead atoms. The van der Waals surface area contributed by atoms with Crippen molar-refractivity contribution < 1.29 is 19.1 Å². The van der Waals surface area contributed by atoms with Gasteiger partial charge >= 0.3 is 5.97 Å². The number of nitrogens with one attached hydrogen (secondary N) is 2. The first-order valence-electron chi connectivity index (χ1n) is 8.94. The summed E-state index contributed by atoms with van der Waals surface area (Å²) < 4.78 is 5.36.